The summed E-state index contributed by atoms with van der Waals surface area (Å²) in [6.07, 6.45) is 2.81. The van der Waals surface area contributed by atoms with Crippen LogP contribution in [0, 0.1) is 5.82 Å². The monoisotopic (exact) mass is 276 g/mol. The first-order valence-corrected chi connectivity index (χ1v) is 6.81. The molecule has 2 rings (SSSR count). The minimum absolute atomic E-state index is 0.0545. The molecule has 1 aromatic carbocycles. The molecule has 1 aromatic heterocycles. The van der Waals surface area contributed by atoms with E-state index in [2.05, 4.69) is 10.00 Å². The molecule has 0 saturated heterocycles. The van der Waals surface area contributed by atoms with Crippen molar-refractivity contribution < 1.29 is 4.39 Å². The Morgan fingerprint density at radius 3 is 2.75 bits per heavy atom. The van der Waals surface area contributed by atoms with Crippen LogP contribution in [0.3, 0.4) is 0 Å². The Bertz CT molecular complexity index is 552. The third-order valence-corrected chi connectivity index (χ3v) is 3.58. The maximum Gasteiger partial charge on any atom is 0.145 e. The number of nitrogens with two attached hydrogens (primary N) is 1. The van der Waals surface area contributed by atoms with Gasteiger partial charge in [0.25, 0.3) is 0 Å². The van der Waals surface area contributed by atoms with E-state index in [4.69, 9.17) is 5.73 Å². The van der Waals surface area contributed by atoms with Crippen molar-refractivity contribution in [3.05, 3.63) is 47.9 Å². The highest BCUT2D eigenvalue weighted by atomic mass is 19.1. The number of hydrogen-bond acceptors (Lipinski definition) is 3. The molecule has 0 amide bonds. The molecule has 0 saturated carbocycles. The van der Waals surface area contributed by atoms with Gasteiger partial charge in [0.15, 0.2) is 0 Å². The minimum Gasteiger partial charge on any atom is -0.382 e. The first kappa shape index (κ1) is 14.5. The van der Waals surface area contributed by atoms with Gasteiger partial charge in [-0.2, -0.15) is 5.10 Å². The van der Waals surface area contributed by atoms with E-state index in [1.54, 1.807) is 12.1 Å². The average Bonchev–Trinajstić information content (AvgIpc) is 2.84. The molecule has 0 spiro atoms. The molecule has 1 heterocycles. The first-order valence-electron chi connectivity index (χ1n) is 6.81. The zero-order valence-corrected chi connectivity index (χ0v) is 12.0. The van der Waals surface area contributed by atoms with Gasteiger partial charge in [-0.3, -0.25) is 9.58 Å². The van der Waals surface area contributed by atoms with Crippen molar-refractivity contribution in [3.8, 4) is 0 Å². The minimum atomic E-state index is -0.147. The van der Waals surface area contributed by atoms with E-state index in [1.807, 2.05) is 37.0 Å². The number of aromatic nitrogens is 2. The second-order valence-corrected chi connectivity index (χ2v) is 5.04. The fourth-order valence-corrected chi connectivity index (χ4v) is 2.23. The van der Waals surface area contributed by atoms with E-state index >= 15 is 0 Å². The summed E-state index contributed by atoms with van der Waals surface area (Å²) in [4.78, 5) is 2.14. The van der Waals surface area contributed by atoms with Crippen molar-refractivity contribution in [2.24, 2.45) is 0 Å². The van der Waals surface area contributed by atoms with E-state index < -0.39 is 0 Å². The summed E-state index contributed by atoms with van der Waals surface area (Å²) in [6, 6.07) is 8.77. The Kier molecular flexibility index (Phi) is 4.74. The molecule has 20 heavy (non-hydrogen) atoms. The zero-order valence-electron chi connectivity index (χ0n) is 12.0. The maximum atomic E-state index is 13.7. The highest BCUT2D eigenvalue weighted by molar-refractivity contribution is 5.23. The van der Waals surface area contributed by atoms with Crippen molar-refractivity contribution in [2.75, 3.05) is 19.3 Å². The normalized spacial score (nSPS) is 12.8. The lowest BCUT2D eigenvalue weighted by Gasteiger charge is -2.25. The second kappa shape index (κ2) is 6.52. The van der Waals surface area contributed by atoms with Crippen LogP contribution in [-0.4, -0.2) is 28.3 Å². The first-order chi connectivity index (χ1) is 9.58. The van der Waals surface area contributed by atoms with E-state index in [1.165, 1.54) is 6.07 Å². The van der Waals surface area contributed by atoms with Crippen LogP contribution in [0.5, 0.6) is 0 Å². The fourth-order valence-electron chi connectivity index (χ4n) is 2.23. The number of rotatable bonds is 6. The van der Waals surface area contributed by atoms with Gasteiger partial charge < -0.3 is 5.73 Å². The van der Waals surface area contributed by atoms with Gasteiger partial charge in [0.05, 0.1) is 0 Å². The summed E-state index contributed by atoms with van der Waals surface area (Å²) in [5.41, 5.74) is 6.30. The van der Waals surface area contributed by atoms with E-state index in [0.717, 1.165) is 25.1 Å². The number of hydrogen-bond donors (Lipinski definition) is 1. The van der Waals surface area contributed by atoms with Crippen LogP contribution in [-0.2, 0) is 6.54 Å². The third kappa shape index (κ3) is 3.57. The van der Waals surface area contributed by atoms with E-state index in [-0.39, 0.29) is 11.9 Å². The maximum absolute atomic E-state index is 13.7. The third-order valence-electron chi connectivity index (χ3n) is 3.58. The summed E-state index contributed by atoms with van der Waals surface area (Å²) in [5, 5.41) is 4.14. The Balaban J connectivity index is 1.85. The fraction of sp³-hybridized carbons (Fsp3) is 0.400. The van der Waals surface area contributed by atoms with E-state index in [9.17, 15) is 4.39 Å². The number of benzene rings is 1. The van der Waals surface area contributed by atoms with Crippen molar-refractivity contribution in [3.63, 3.8) is 0 Å². The Hall–Kier alpha value is -1.88. The molecule has 5 heteroatoms. The molecule has 4 nitrogen and oxygen atoms in total. The van der Waals surface area contributed by atoms with Crippen LogP contribution in [0.2, 0.25) is 0 Å². The Morgan fingerprint density at radius 1 is 1.35 bits per heavy atom. The van der Waals surface area contributed by atoms with Gasteiger partial charge >= 0.3 is 0 Å². The quantitative estimate of drug-likeness (QED) is 0.882. The lowest BCUT2D eigenvalue weighted by molar-refractivity contribution is 0.247. The van der Waals surface area contributed by atoms with Crippen LogP contribution < -0.4 is 5.73 Å². The molecule has 108 valence electrons. The summed E-state index contributed by atoms with van der Waals surface area (Å²) < 4.78 is 15.6. The van der Waals surface area contributed by atoms with E-state index in [0.29, 0.717) is 5.82 Å². The van der Waals surface area contributed by atoms with Crippen molar-refractivity contribution in [1.82, 2.24) is 14.7 Å². The molecule has 1 unspecified atom stereocenters. The highest BCUT2D eigenvalue weighted by Crippen LogP contribution is 2.21. The van der Waals surface area contributed by atoms with Gasteiger partial charge in [0.2, 0.25) is 0 Å². The molecular weight excluding hydrogens is 255 g/mol. The smallest absolute Gasteiger partial charge is 0.145 e. The lowest BCUT2D eigenvalue weighted by Crippen LogP contribution is -2.25. The lowest BCUT2D eigenvalue weighted by atomic mass is 10.1. The Labute approximate surface area is 119 Å². The van der Waals surface area contributed by atoms with Crippen molar-refractivity contribution in [1.29, 1.82) is 0 Å². The predicted octanol–water partition coefficient (Wildman–Crippen LogP) is 2.69. The molecular formula is C15H21FN4. The predicted molar refractivity (Wildman–Crippen MR) is 78.7 cm³/mol. The summed E-state index contributed by atoms with van der Waals surface area (Å²) in [5.74, 6) is 0.393. The standard InChI is InChI=1S/C15H21FN4/c1-12(13-6-3-4-7-14(13)16)19(2)9-5-10-20-11-8-15(17)18-20/h3-4,6-8,11-12H,5,9-10H2,1-2H3,(H2,17,18). The molecule has 0 aliphatic rings. The molecule has 0 radical (unpaired) electrons. The van der Waals surface area contributed by atoms with Crippen LogP contribution in [0.15, 0.2) is 36.5 Å². The van der Waals surface area contributed by atoms with Crippen LogP contribution in [0.1, 0.15) is 24.9 Å². The Morgan fingerprint density at radius 2 is 2.10 bits per heavy atom. The topological polar surface area (TPSA) is 47.1 Å². The van der Waals surface area contributed by atoms with Gasteiger partial charge in [-0.25, -0.2) is 4.39 Å². The zero-order chi connectivity index (χ0) is 14.5. The van der Waals surface area contributed by atoms with Crippen LogP contribution in [0.25, 0.3) is 0 Å². The molecule has 1 atom stereocenters. The number of nitrogen functional groups attached to an aromatic ring is 1. The SMILES string of the molecule is CC(c1ccccc1F)N(C)CCCn1ccc(N)n1. The molecule has 0 aliphatic carbocycles. The van der Waals surface area contributed by atoms with Gasteiger partial charge in [0, 0.05) is 30.9 Å². The summed E-state index contributed by atoms with van der Waals surface area (Å²) in [7, 11) is 2.01. The summed E-state index contributed by atoms with van der Waals surface area (Å²) in [6.45, 7) is 3.70. The van der Waals surface area contributed by atoms with Gasteiger partial charge in [-0.1, -0.05) is 18.2 Å². The van der Waals surface area contributed by atoms with Crippen LogP contribution >= 0.6 is 0 Å². The summed E-state index contributed by atoms with van der Waals surface area (Å²) >= 11 is 0. The van der Waals surface area contributed by atoms with Gasteiger partial charge in [0.1, 0.15) is 11.6 Å². The van der Waals surface area contributed by atoms with Crippen molar-refractivity contribution in [2.45, 2.75) is 25.9 Å². The number of anilines is 1. The van der Waals surface area contributed by atoms with Gasteiger partial charge in [-0.15, -0.1) is 0 Å². The molecule has 0 aliphatic heterocycles. The second-order valence-electron chi connectivity index (χ2n) is 5.04. The number of nitrogens with zero attached hydrogens (tertiary/aromatic N) is 3. The molecule has 2 N–H and O–H groups in total. The van der Waals surface area contributed by atoms with Crippen LogP contribution in [0.4, 0.5) is 10.2 Å². The van der Waals surface area contributed by atoms with Crippen molar-refractivity contribution >= 4 is 5.82 Å². The largest absolute Gasteiger partial charge is 0.382 e. The number of halogens is 1. The highest BCUT2D eigenvalue weighted by Gasteiger charge is 2.14. The molecule has 2 aromatic rings. The molecule has 0 fully saturated rings. The van der Waals surface area contributed by atoms with Gasteiger partial charge in [-0.05, 0) is 32.5 Å². The number of aryl methyl sites for hydroxylation is 1. The average molecular weight is 276 g/mol. The molecule has 0 bridgehead atoms.